The zero-order valence-corrected chi connectivity index (χ0v) is 12.7. The van der Waals surface area contributed by atoms with Gasteiger partial charge >= 0.3 is 0 Å². The van der Waals surface area contributed by atoms with Gasteiger partial charge in [0.25, 0.3) is 0 Å². The van der Waals surface area contributed by atoms with E-state index in [0.29, 0.717) is 13.1 Å². The van der Waals surface area contributed by atoms with E-state index in [1.807, 2.05) is 31.7 Å². The molecule has 0 bridgehead atoms. The fourth-order valence-electron chi connectivity index (χ4n) is 2.22. The first-order chi connectivity index (χ1) is 10.1. The van der Waals surface area contributed by atoms with Crippen LogP contribution in [0.2, 0.25) is 0 Å². The maximum absolute atomic E-state index is 13.4. The molecule has 0 aliphatic carbocycles. The topological polar surface area (TPSA) is 55.0 Å². The molecule has 2 aromatic rings. The summed E-state index contributed by atoms with van der Waals surface area (Å²) >= 11 is 0. The summed E-state index contributed by atoms with van der Waals surface area (Å²) in [6, 6.07) is 6.49. The molecule has 1 aromatic heterocycles. The number of hydrogen-bond donors (Lipinski definition) is 1. The fraction of sp³-hybridized carbons (Fsp3) is 0.375. The first-order valence-corrected chi connectivity index (χ1v) is 7.15. The van der Waals surface area contributed by atoms with Crippen LogP contribution in [0, 0.1) is 5.82 Å². The van der Waals surface area contributed by atoms with Crippen molar-refractivity contribution >= 4 is 11.4 Å². The Bertz CT molecular complexity index is 613. The Morgan fingerprint density at radius 2 is 2.10 bits per heavy atom. The Balaban J connectivity index is 2.47. The summed E-state index contributed by atoms with van der Waals surface area (Å²) in [5.74, 6) is 0.753. The second-order valence-corrected chi connectivity index (χ2v) is 5.14. The molecule has 0 atom stereocenters. The maximum Gasteiger partial charge on any atom is 0.131 e. The quantitative estimate of drug-likeness (QED) is 0.916. The van der Waals surface area contributed by atoms with Gasteiger partial charge in [-0.1, -0.05) is 19.9 Å². The second-order valence-electron chi connectivity index (χ2n) is 5.14. The van der Waals surface area contributed by atoms with Crippen molar-refractivity contribution in [2.75, 3.05) is 11.4 Å². The van der Waals surface area contributed by atoms with E-state index in [1.165, 1.54) is 12.1 Å². The molecule has 0 aliphatic rings. The molecule has 0 spiro atoms. The van der Waals surface area contributed by atoms with Crippen molar-refractivity contribution < 1.29 is 4.39 Å². The van der Waals surface area contributed by atoms with Gasteiger partial charge in [0.05, 0.1) is 17.6 Å². The Hall–Kier alpha value is -2.01. The maximum atomic E-state index is 13.4. The minimum atomic E-state index is -0.264. The molecule has 1 aromatic carbocycles. The number of anilines is 2. The van der Waals surface area contributed by atoms with E-state index >= 15 is 0 Å². The van der Waals surface area contributed by atoms with Crippen LogP contribution in [-0.4, -0.2) is 16.5 Å². The van der Waals surface area contributed by atoms with Crippen LogP contribution in [0.3, 0.4) is 0 Å². The molecule has 2 N–H and O–H groups in total. The van der Waals surface area contributed by atoms with E-state index < -0.39 is 0 Å². The lowest BCUT2D eigenvalue weighted by atomic mass is 10.2. The molecule has 5 heteroatoms. The van der Waals surface area contributed by atoms with Gasteiger partial charge in [-0.3, -0.25) is 0 Å². The van der Waals surface area contributed by atoms with E-state index in [0.717, 1.165) is 22.9 Å². The number of nitrogens with two attached hydrogens (primary N) is 1. The van der Waals surface area contributed by atoms with E-state index in [4.69, 9.17) is 5.73 Å². The summed E-state index contributed by atoms with van der Waals surface area (Å²) in [6.45, 7) is 7.09. The summed E-state index contributed by atoms with van der Waals surface area (Å²) in [6.07, 6.45) is 1.78. The van der Waals surface area contributed by atoms with Crippen molar-refractivity contribution in [3.8, 4) is 0 Å². The molecule has 0 fully saturated rings. The molecule has 0 amide bonds. The average Bonchev–Trinajstić information content (AvgIpc) is 2.48. The molecule has 2 rings (SSSR count). The molecular formula is C16H21FN4. The molecule has 0 radical (unpaired) electrons. The van der Waals surface area contributed by atoms with Crippen molar-refractivity contribution in [3.63, 3.8) is 0 Å². The van der Waals surface area contributed by atoms with E-state index in [1.54, 1.807) is 12.3 Å². The Morgan fingerprint density at radius 1 is 1.33 bits per heavy atom. The predicted octanol–water partition coefficient (Wildman–Crippen LogP) is 3.36. The molecule has 0 unspecified atom stereocenters. The predicted molar refractivity (Wildman–Crippen MR) is 83.1 cm³/mol. The van der Waals surface area contributed by atoms with Crippen molar-refractivity contribution in [2.24, 2.45) is 5.73 Å². The van der Waals surface area contributed by atoms with Crippen molar-refractivity contribution in [1.82, 2.24) is 9.97 Å². The Kier molecular flexibility index (Phi) is 4.85. The number of hydrogen-bond acceptors (Lipinski definition) is 4. The highest BCUT2D eigenvalue weighted by atomic mass is 19.1. The van der Waals surface area contributed by atoms with E-state index in [-0.39, 0.29) is 11.7 Å². The van der Waals surface area contributed by atoms with Gasteiger partial charge in [-0.05, 0) is 25.1 Å². The normalized spacial score (nSPS) is 11.0. The highest BCUT2D eigenvalue weighted by Gasteiger charge is 2.15. The molecule has 4 nitrogen and oxygen atoms in total. The van der Waals surface area contributed by atoms with Crippen molar-refractivity contribution in [3.05, 3.63) is 47.8 Å². The monoisotopic (exact) mass is 288 g/mol. The summed E-state index contributed by atoms with van der Waals surface area (Å²) < 4.78 is 13.4. The standard InChI is InChI=1S/C16H21FN4/c1-4-21(13-7-5-6-12(17)8-13)15-10-19-16(11(2)3)20-14(15)9-18/h5-8,10-11H,4,9,18H2,1-3H3. The third-order valence-electron chi connectivity index (χ3n) is 3.30. The Labute approximate surface area is 124 Å². The minimum Gasteiger partial charge on any atom is -0.339 e. The van der Waals surface area contributed by atoms with Gasteiger partial charge in [0.1, 0.15) is 11.6 Å². The lowest BCUT2D eigenvalue weighted by Crippen LogP contribution is -2.21. The highest BCUT2D eigenvalue weighted by molar-refractivity contribution is 5.64. The van der Waals surface area contributed by atoms with Crippen LogP contribution < -0.4 is 10.6 Å². The average molecular weight is 288 g/mol. The molecule has 0 saturated carbocycles. The van der Waals surface area contributed by atoms with Crippen LogP contribution in [0.1, 0.15) is 38.2 Å². The van der Waals surface area contributed by atoms with Crippen LogP contribution in [0.4, 0.5) is 15.8 Å². The van der Waals surface area contributed by atoms with Gasteiger partial charge in [-0.25, -0.2) is 14.4 Å². The number of benzene rings is 1. The first kappa shape index (κ1) is 15.4. The largest absolute Gasteiger partial charge is 0.339 e. The SMILES string of the molecule is CCN(c1cccc(F)c1)c1cnc(C(C)C)nc1CN. The van der Waals surface area contributed by atoms with Gasteiger partial charge in [-0.15, -0.1) is 0 Å². The number of nitrogens with zero attached hydrogens (tertiary/aromatic N) is 3. The number of aromatic nitrogens is 2. The number of rotatable bonds is 5. The van der Waals surface area contributed by atoms with Crippen LogP contribution >= 0.6 is 0 Å². The van der Waals surface area contributed by atoms with Gasteiger partial charge in [0, 0.05) is 24.7 Å². The zero-order valence-electron chi connectivity index (χ0n) is 12.7. The lowest BCUT2D eigenvalue weighted by molar-refractivity contribution is 0.627. The van der Waals surface area contributed by atoms with Crippen LogP contribution in [0.25, 0.3) is 0 Å². The van der Waals surface area contributed by atoms with Gasteiger partial charge < -0.3 is 10.6 Å². The van der Waals surface area contributed by atoms with Crippen LogP contribution in [0.15, 0.2) is 30.5 Å². The van der Waals surface area contributed by atoms with Crippen molar-refractivity contribution in [1.29, 1.82) is 0 Å². The molecule has 1 heterocycles. The molecular weight excluding hydrogens is 267 g/mol. The molecule has 112 valence electrons. The number of halogens is 1. The zero-order chi connectivity index (χ0) is 15.4. The van der Waals surface area contributed by atoms with Gasteiger partial charge in [0.15, 0.2) is 0 Å². The second kappa shape index (κ2) is 6.63. The summed E-state index contributed by atoms with van der Waals surface area (Å²) in [7, 11) is 0. The fourth-order valence-corrected chi connectivity index (χ4v) is 2.22. The highest BCUT2D eigenvalue weighted by Crippen LogP contribution is 2.28. The minimum absolute atomic E-state index is 0.244. The summed E-state index contributed by atoms with van der Waals surface area (Å²) in [4.78, 5) is 10.9. The molecule has 0 aliphatic heterocycles. The van der Waals surface area contributed by atoms with Gasteiger partial charge in [0.2, 0.25) is 0 Å². The lowest BCUT2D eigenvalue weighted by Gasteiger charge is -2.25. The van der Waals surface area contributed by atoms with Crippen LogP contribution in [0.5, 0.6) is 0 Å². The van der Waals surface area contributed by atoms with Crippen molar-refractivity contribution in [2.45, 2.75) is 33.2 Å². The Morgan fingerprint density at radius 3 is 2.67 bits per heavy atom. The third kappa shape index (κ3) is 3.36. The smallest absolute Gasteiger partial charge is 0.131 e. The first-order valence-electron chi connectivity index (χ1n) is 7.15. The molecule has 0 saturated heterocycles. The molecule has 21 heavy (non-hydrogen) atoms. The van der Waals surface area contributed by atoms with Gasteiger partial charge in [-0.2, -0.15) is 0 Å². The van der Waals surface area contributed by atoms with E-state index in [2.05, 4.69) is 9.97 Å². The van der Waals surface area contributed by atoms with Crippen LogP contribution in [-0.2, 0) is 6.54 Å². The summed E-state index contributed by atoms with van der Waals surface area (Å²) in [5.41, 5.74) is 8.21. The third-order valence-corrected chi connectivity index (χ3v) is 3.30. The summed E-state index contributed by atoms with van der Waals surface area (Å²) in [5, 5.41) is 0. The van der Waals surface area contributed by atoms with E-state index in [9.17, 15) is 4.39 Å².